The number of nitrogens with zero attached hydrogens (tertiary/aromatic N) is 1. The molecule has 1 fully saturated rings. The van der Waals surface area contributed by atoms with Crippen molar-refractivity contribution in [3.63, 3.8) is 0 Å². The van der Waals surface area contributed by atoms with Gasteiger partial charge in [-0.25, -0.2) is 0 Å². The fourth-order valence-electron chi connectivity index (χ4n) is 2.60. The van der Waals surface area contributed by atoms with E-state index >= 15 is 0 Å². The van der Waals surface area contributed by atoms with Gasteiger partial charge in [-0.05, 0) is 37.5 Å². The topological polar surface area (TPSA) is 90.2 Å². The number of hydrogen-bond donors (Lipinski definition) is 2. The molecule has 6 heteroatoms. The number of nitrogens with one attached hydrogen (secondary N) is 1. The molecule has 0 spiro atoms. The number of nitriles is 1. The highest BCUT2D eigenvalue weighted by molar-refractivity contribution is 9.10. The Morgan fingerprint density at radius 3 is 2.71 bits per heavy atom. The minimum atomic E-state index is -0.839. The van der Waals surface area contributed by atoms with Crippen LogP contribution in [0.2, 0.25) is 0 Å². The first-order valence-electron chi connectivity index (χ1n) is 6.74. The maximum atomic E-state index is 12.3. The number of carboxylic acid groups (broad SMARTS) is 1. The zero-order valence-corrected chi connectivity index (χ0v) is 12.9. The van der Waals surface area contributed by atoms with E-state index in [1.807, 2.05) is 6.07 Å². The fraction of sp³-hybridized carbons (Fsp3) is 0.400. The van der Waals surface area contributed by atoms with Gasteiger partial charge in [0.05, 0.1) is 17.2 Å². The highest BCUT2D eigenvalue weighted by Gasteiger charge is 2.31. The first-order chi connectivity index (χ1) is 10.0. The van der Waals surface area contributed by atoms with E-state index in [4.69, 9.17) is 10.4 Å². The molecule has 1 aromatic rings. The van der Waals surface area contributed by atoms with Crippen molar-refractivity contribution in [1.82, 2.24) is 0 Å². The van der Waals surface area contributed by atoms with Gasteiger partial charge in [-0.15, -0.1) is 0 Å². The Morgan fingerprint density at radius 2 is 2.05 bits per heavy atom. The highest BCUT2D eigenvalue weighted by Crippen LogP contribution is 2.30. The van der Waals surface area contributed by atoms with Gasteiger partial charge in [0.2, 0.25) is 5.91 Å². The molecular weight excluding hydrogens is 336 g/mol. The van der Waals surface area contributed by atoms with E-state index in [1.54, 1.807) is 18.2 Å². The Balaban J connectivity index is 2.08. The first kappa shape index (κ1) is 15.5. The number of hydrogen-bond acceptors (Lipinski definition) is 3. The number of halogens is 1. The lowest BCUT2D eigenvalue weighted by Crippen LogP contribution is -2.31. The zero-order valence-electron chi connectivity index (χ0n) is 11.3. The van der Waals surface area contributed by atoms with Gasteiger partial charge in [0.25, 0.3) is 0 Å². The van der Waals surface area contributed by atoms with Crippen LogP contribution < -0.4 is 5.32 Å². The van der Waals surface area contributed by atoms with Crippen LogP contribution in [-0.2, 0) is 9.59 Å². The summed E-state index contributed by atoms with van der Waals surface area (Å²) in [6.45, 7) is 0. The summed E-state index contributed by atoms with van der Waals surface area (Å²) in [6.07, 6.45) is 2.41. The maximum Gasteiger partial charge on any atom is 0.306 e. The number of benzene rings is 1. The van der Waals surface area contributed by atoms with Crippen LogP contribution in [-0.4, -0.2) is 17.0 Å². The monoisotopic (exact) mass is 350 g/mol. The van der Waals surface area contributed by atoms with Crippen molar-refractivity contribution in [3.05, 3.63) is 28.2 Å². The van der Waals surface area contributed by atoms with Gasteiger partial charge in [-0.1, -0.05) is 22.4 Å². The normalized spacial score (nSPS) is 21.3. The van der Waals surface area contributed by atoms with Crippen molar-refractivity contribution in [2.24, 2.45) is 11.8 Å². The van der Waals surface area contributed by atoms with Gasteiger partial charge in [-0.2, -0.15) is 5.26 Å². The second-order valence-electron chi connectivity index (χ2n) is 5.19. The highest BCUT2D eigenvalue weighted by atomic mass is 79.9. The Labute approximate surface area is 131 Å². The molecule has 1 aromatic carbocycles. The average molecular weight is 351 g/mol. The summed E-state index contributed by atoms with van der Waals surface area (Å²) in [7, 11) is 0. The number of amides is 1. The third-order valence-electron chi connectivity index (χ3n) is 3.75. The Morgan fingerprint density at radius 1 is 1.33 bits per heavy atom. The Hall–Kier alpha value is -1.87. The van der Waals surface area contributed by atoms with Gasteiger partial charge in [-0.3, -0.25) is 9.59 Å². The standard InChI is InChI=1S/C15H15BrN2O3/c16-12-4-5-13(11(7-12)8-17)18-14(19)9-2-1-3-10(6-9)15(20)21/h4-5,7,9-10H,1-3,6H2,(H,18,19)(H,20,21). The van der Waals surface area contributed by atoms with Crippen molar-refractivity contribution in [1.29, 1.82) is 5.26 Å². The van der Waals surface area contributed by atoms with Crippen LogP contribution in [0.5, 0.6) is 0 Å². The molecule has 0 aromatic heterocycles. The molecule has 0 aliphatic heterocycles. The molecule has 21 heavy (non-hydrogen) atoms. The van der Waals surface area contributed by atoms with E-state index in [0.717, 1.165) is 10.9 Å². The van der Waals surface area contributed by atoms with E-state index in [9.17, 15) is 9.59 Å². The quantitative estimate of drug-likeness (QED) is 0.875. The number of carbonyl (C=O) groups is 2. The number of carboxylic acids is 1. The first-order valence-corrected chi connectivity index (χ1v) is 7.54. The number of aliphatic carboxylic acids is 1. The summed E-state index contributed by atoms with van der Waals surface area (Å²) in [5, 5.41) is 20.9. The summed E-state index contributed by atoms with van der Waals surface area (Å²) in [6, 6.07) is 7.08. The summed E-state index contributed by atoms with van der Waals surface area (Å²) in [5.74, 6) is -1.81. The van der Waals surface area contributed by atoms with Crippen LogP contribution in [0.1, 0.15) is 31.2 Å². The summed E-state index contributed by atoms with van der Waals surface area (Å²) < 4.78 is 0.764. The van der Waals surface area contributed by atoms with Crippen molar-refractivity contribution in [2.45, 2.75) is 25.7 Å². The SMILES string of the molecule is N#Cc1cc(Br)ccc1NC(=O)C1CCCC(C(=O)O)C1. The van der Waals surface area contributed by atoms with Gasteiger partial charge in [0, 0.05) is 10.4 Å². The largest absolute Gasteiger partial charge is 0.481 e. The maximum absolute atomic E-state index is 12.3. The number of carbonyl (C=O) groups excluding carboxylic acids is 1. The van der Waals surface area contributed by atoms with Crippen LogP contribution in [0, 0.1) is 23.2 Å². The smallest absolute Gasteiger partial charge is 0.306 e. The summed E-state index contributed by atoms with van der Waals surface area (Å²) in [4.78, 5) is 23.3. The molecular formula is C15H15BrN2O3. The van der Waals surface area contributed by atoms with Crippen molar-refractivity contribution in [2.75, 3.05) is 5.32 Å². The van der Waals surface area contributed by atoms with E-state index < -0.39 is 11.9 Å². The average Bonchev–Trinajstić information content (AvgIpc) is 2.49. The molecule has 2 N–H and O–H groups in total. The molecule has 0 bridgehead atoms. The zero-order chi connectivity index (χ0) is 15.4. The predicted molar refractivity (Wildman–Crippen MR) is 80.6 cm³/mol. The van der Waals surface area contributed by atoms with Gasteiger partial charge < -0.3 is 10.4 Å². The molecule has 2 rings (SSSR count). The lowest BCUT2D eigenvalue weighted by atomic mass is 9.81. The van der Waals surface area contributed by atoms with E-state index in [0.29, 0.717) is 30.5 Å². The van der Waals surface area contributed by atoms with Crippen LogP contribution in [0.15, 0.2) is 22.7 Å². The summed E-state index contributed by atoms with van der Waals surface area (Å²) >= 11 is 3.27. The molecule has 1 saturated carbocycles. The minimum absolute atomic E-state index is 0.209. The van der Waals surface area contributed by atoms with E-state index in [1.165, 1.54) is 0 Å². The van der Waals surface area contributed by atoms with Crippen molar-refractivity contribution < 1.29 is 14.7 Å². The lowest BCUT2D eigenvalue weighted by Gasteiger charge is -2.25. The molecule has 0 radical (unpaired) electrons. The molecule has 110 valence electrons. The molecule has 5 nitrogen and oxygen atoms in total. The number of rotatable bonds is 3. The Kier molecular flexibility index (Phi) is 4.97. The van der Waals surface area contributed by atoms with Crippen LogP contribution >= 0.6 is 15.9 Å². The van der Waals surface area contributed by atoms with Crippen LogP contribution in [0.25, 0.3) is 0 Å². The second kappa shape index (κ2) is 6.72. The van der Waals surface area contributed by atoms with Crippen molar-refractivity contribution in [3.8, 4) is 6.07 Å². The molecule has 0 saturated heterocycles. The molecule has 2 unspecified atom stereocenters. The minimum Gasteiger partial charge on any atom is -0.481 e. The predicted octanol–water partition coefficient (Wildman–Crippen LogP) is 3.15. The molecule has 1 aliphatic carbocycles. The molecule has 1 aliphatic rings. The van der Waals surface area contributed by atoms with Gasteiger partial charge in [0.1, 0.15) is 6.07 Å². The molecule has 1 amide bonds. The second-order valence-corrected chi connectivity index (χ2v) is 6.11. The van der Waals surface area contributed by atoms with Crippen LogP contribution in [0.3, 0.4) is 0 Å². The van der Waals surface area contributed by atoms with Gasteiger partial charge in [0.15, 0.2) is 0 Å². The third kappa shape index (κ3) is 3.82. The van der Waals surface area contributed by atoms with Gasteiger partial charge >= 0.3 is 5.97 Å². The van der Waals surface area contributed by atoms with Crippen LogP contribution in [0.4, 0.5) is 5.69 Å². The lowest BCUT2D eigenvalue weighted by molar-refractivity contribution is -0.143. The summed E-state index contributed by atoms with van der Waals surface area (Å²) in [5.41, 5.74) is 0.839. The fourth-order valence-corrected chi connectivity index (χ4v) is 2.97. The van der Waals surface area contributed by atoms with E-state index in [-0.39, 0.29) is 11.8 Å². The van der Waals surface area contributed by atoms with Crippen molar-refractivity contribution >= 4 is 33.5 Å². The Bertz CT molecular complexity index is 609. The molecule has 0 heterocycles. The number of anilines is 1. The molecule has 2 atom stereocenters. The van der Waals surface area contributed by atoms with E-state index in [2.05, 4.69) is 21.2 Å². The third-order valence-corrected chi connectivity index (χ3v) is 4.25.